The third-order valence-corrected chi connectivity index (χ3v) is 4.26. The maximum Gasteiger partial charge on any atom is 0.201 e. The molecular formula is C14H17F2N3. The second kappa shape index (κ2) is 4.47. The Hall–Kier alpha value is -1.65. The lowest BCUT2D eigenvalue weighted by atomic mass is 9.99. The number of nitrogen functional groups attached to an aromatic ring is 1. The SMILES string of the molecule is CC(C1CCCC1)n1c(N)nc2ccc(F)c(F)c21. The molecule has 0 aliphatic heterocycles. The van der Waals surface area contributed by atoms with Crippen LogP contribution in [-0.4, -0.2) is 9.55 Å². The lowest BCUT2D eigenvalue weighted by molar-refractivity contribution is 0.368. The van der Waals surface area contributed by atoms with Crippen molar-refractivity contribution in [1.29, 1.82) is 0 Å². The monoisotopic (exact) mass is 265 g/mol. The van der Waals surface area contributed by atoms with E-state index in [0.717, 1.165) is 18.9 Å². The third kappa shape index (κ3) is 1.88. The summed E-state index contributed by atoms with van der Waals surface area (Å²) in [6, 6.07) is 2.61. The van der Waals surface area contributed by atoms with Crippen molar-refractivity contribution in [3.8, 4) is 0 Å². The molecule has 1 aromatic carbocycles. The number of anilines is 1. The van der Waals surface area contributed by atoms with Crippen molar-refractivity contribution in [2.75, 3.05) is 5.73 Å². The summed E-state index contributed by atoms with van der Waals surface area (Å²) in [4.78, 5) is 4.14. The van der Waals surface area contributed by atoms with Crippen molar-refractivity contribution < 1.29 is 8.78 Å². The Balaban J connectivity index is 2.16. The molecule has 1 fully saturated rings. The number of nitrogens with zero attached hydrogens (tertiary/aromatic N) is 2. The summed E-state index contributed by atoms with van der Waals surface area (Å²) < 4.78 is 29.1. The topological polar surface area (TPSA) is 43.8 Å². The van der Waals surface area contributed by atoms with Crippen LogP contribution in [0.4, 0.5) is 14.7 Å². The fourth-order valence-corrected chi connectivity index (χ4v) is 3.20. The zero-order valence-electron chi connectivity index (χ0n) is 10.9. The predicted octanol–water partition coefficient (Wildman–Crippen LogP) is 3.65. The first-order valence-electron chi connectivity index (χ1n) is 6.71. The van der Waals surface area contributed by atoms with E-state index in [1.54, 1.807) is 4.57 Å². The van der Waals surface area contributed by atoms with Gasteiger partial charge < -0.3 is 10.3 Å². The molecule has 1 aliphatic carbocycles. The van der Waals surface area contributed by atoms with Crippen LogP contribution in [-0.2, 0) is 0 Å². The largest absolute Gasteiger partial charge is 0.369 e. The maximum atomic E-state index is 14.0. The highest BCUT2D eigenvalue weighted by molar-refractivity contribution is 5.79. The van der Waals surface area contributed by atoms with Gasteiger partial charge in [-0.05, 0) is 37.8 Å². The molecule has 1 unspecified atom stereocenters. The zero-order valence-corrected chi connectivity index (χ0v) is 10.9. The number of aromatic nitrogens is 2. The van der Waals surface area contributed by atoms with Gasteiger partial charge >= 0.3 is 0 Å². The average Bonchev–Trinajstić information content (AvgIpc) is 3.00. The summed E-state index contributed by atoms with van der Waals surface area (Å²) in [6.07, 6.45) is 4.60. The molecule has 5 heteroatoms. The summed E-state index contributed by atoms with van der Waals surface area (Å²) in [5.74, 6) is -0.986. The smallest absolute Gasteiger partial charge is 0.201 e. The molecule has 0 spiro atoms. The molecule has 1 saturated carbocycles. The van der Waals surface area contributed by atoms with Crippen molar-refractivity contribution in [2.45, 2.75) is 38.6 Å². The third-order valence-electron chi connectivity index (χ3n) is 4.26. The van der Waals surface area contributed by atoms with Gasteiger partial charge in [-0.15, -0.1) is 0 Å². The molecule has 3 nitrogen and oxygen atoms in total. The van der Waals surface area contributed by atoms with E-state index >= 15 is 0 Å². The molecular weight excluding hydrogens is 248 g/mol. The molecule has 0 radical (unpaired) electrons. The minimum atomic E-state index is -0.855. The molecule has 19 heavy (non-hydrogen) atoms. The Bertz CT molecular complexity index is 615. The lowest BCUT2D eigenvalue weighted by Crippen LogP contribution is -2.16. The fourth-order valence-electron chi connectivity index (χ4n) is 3.20. The Kier molecular flexibility index (Phi) is 2.92. The van der Waals surface area contributed by atoms with E-state index in [1.165, 1.54) is 18.9 Å². The lowest BCUT2D eigenvalue weighted by Gasteiger charge is -2.22. The van der Waals surface area contributed by atoms with Crippen molar-refractivity contribution in [3.05, 3.63) is 23.8 Å². The van der Waals surface area contributed by atoms with Crippen LogP contribution in [0.3, 0.4) is 0 Å². The van der Waals surface area contributed by atoms with E-state index in [9.17, 15) is 8.78 Å². The summed E-state index contributed by atoms with van der Waals surface area (Å²) >= 11 is 0. The van der Waals surface area contributed by atoms with E-state index in [2.05, 4.69) is 4.98 Å². The minimum Gasteiger partial charge on any atom is -0.369 e. The van der Waals surface area contributed by atoms with Gasteiger partial charge in [-0.1, -0.05) is 12.8 Å². The molecule has 1 heterocycles. The van der Waals surface area contributed by atoms with Gasteiger partial charge in [0.1, 0.15) is 5.52 Å². The van der Waals surface area contributed by atoms with Crippen LogP contribution in [0.2, 0.25) is 0 Å². The number of benzene rings is 1. The number of hydrogen-bond acceptors (Lipinski definition) is 2. The molecule has 0 bridgehead atoms. The highest BCUT2D eigenvalue weighted by Gasteiger charge is 2.27. The van der Waals surface area contributed by atoms with Crippen molar-refractivity contribution in [2.24, 2.45) is 5.92 Å². The molecule has 0 amide bonds. The molecule has 3 rings (SSSR count). The number of halogens is 2. The Morgan fingerprint density at radius 1 is 1.32 bits per heavy atom. The molecule has 0 saturated heterocycles. The van der Waals surface area contributed by atoms with Gasteiger partial charge in [0, 0.05) is 6.04 Å². The maximum absolute atomic E-state index is 14.0. The average molecular weight is 265 g/mol. The van der Waals surface area contributed by atoms with E-state index < -0.39 is 11.6 Å². The Morgan fingerprint density at radius 3 is 2.68 bits per heavy atom. The summed E-state index contributed by atoms with van der Waals surface area (Å²) in [5.41, 5.74) is 6.51. The Morgan fingerprint density at radius 2 is 2.00 bits per heavy atom. The van der Waals surface area contributed by atoms with Gasteiger partial charge in [0.05, 0.1) is 5.52 Å². The van der Waals surface area contributed by atoms with Crippen LogP contribution in [0, 0.1) is 17.6 Å². The molecule has 1 atom stereocenters. The van der Waals surface area contributed by atoms with Gasteiger partial charge in [-0.2, -0.15) is 0 Å². The van der Waals surface area contributed by atoms with Crippen molar-refractivity contribution >= 4 is 17.0 Å². The van der Waals surface area contributed by atoms with Gasteiger partial charge in [-0.25, -0.2) is 13.8 Å². The van der Waals surface area contributed by atoms with Crippen molar-refractivity contribution in [1.82, 2.24) is 9.55 Å². The van der Waals surface area contributed by atoms with E-state index in [4.69, 9.17) is 5.73 Å². The quantitative estimate of drug-likeness (QED) is 0.900. The van der Waals surface area contributed by atoms with Crippen LogP contribution in [0.15, 0.2) is 12.1 Å². The standard InChI is InChI=1S/C14H17F2N3/c1-8(9-4-2-3-5-9)19-13-11(18-14(19)17)7-6-10(15)12(13)16/h6-9H,2-5H2,1H3,(H2,17,18). The van der Waals surface area contributed by atoms with Crippen LogP contribution in [0.1, 0.15) is 38.6 Å². The van der Waals surface area contributed by atoms with Crippen LogP contribution in [0.5, 0.6) is 0 Å². The van der Waals surface area contributed by atoms with Gasteiger partial charge in [0.2, 0.25) is 5.95 Å². The zero-order chi connectivity index (χ0) is 13.6. The molecule has 1 aromatic heterocycles. The predicted molar refractivity (Wildman–Crippen MR) is 70.7 cm³/mol. The van der Waals surface area contributed by atoms with Gasteiger partial charge in [0.25, 0.3) is 0 Å². The molecule has 102 valence electrons. The highest BCUT2D eigenvalue weighted by Crippen LogP contribution is 2.37. The summed E-state index contributed by atoms with van der Waals surface area (Å²) in [6.45, 7) is 2.01. The van der Waals surface area contributed by atoms with E-state index in [1.807, 2.05) is 6.92 Å². The van der Waals surface area contributed by atoms with Crippen LogP contribution in [0.25, 0.3) is 11.0 Å². The molecule has 2 aromatic rings. The Labute approximate surface area is 110 Å². The van der Waals surface area contributed by atoms with Crippen molar-refractivity contribution in [3.63, 3.8) is 0 Å². The van der Waals surface area contributed by atoms with Gasteiger partial charge in [-0.3, -0.25) is 0 Å². The second-order valence-corrected chi connectivity index (χ2v) is 5.35. The summed E-state index contributed by atoms with van der Waals surface area (Å²) in [5, 5.41) is 0. The first-order chi connectivity index (χ1) is 9.09. The fraction of sp³-hybridized carbons (Fsp3) is 0.500. The first kappa shape index (κ1) is 12.4. The van der Waals surface area contributed by atoms with Crippen LogP contribution < -0.4 is 5.73 Å². The number of fused-ring (bicyclic) bond motifs is 1. The molecule has 2 N–H and O–H groups in total. The van der Waals surface area contributed by atoms with E-state index in [-0.39, 0.29) is 17.5 Å². The normalized spacial score (nSPS) is 18.3. The summed E-state index contributed by atoms with van der Waals surface area (Å²) in [7, 11) is 0. The van der Waals surface area contributed by atoms with Crippen LogP contribution >= 0.6 is 0 Å². The number of rotatable bonds is 2. The number of hydrogen-bond donors (Lipinski definition) is 1. The minimum absolute atomic E-state index is 0.0452. The van der Waals surface area contributed by atoms with E-state index in [0.29, 0.717) is 11.4 Å². The molecule has 1 aliphatic rings. The van der Waals surface area contributed by atoms with Gasteiger partial charge in [0.15, 0.2) is 11.6 Å². The number of imidazole rings is 1. The second-order valence-electron chi connectivity index (χ2n) is 5.35. The number of nitrogens with two attached hydrogens (primary N) is 1. The first-order valence-corrected chi connectivity index (χ1v) is 6.71. The highest BCUT2D eigenvalue weighted by atomic mass is 19.2.